The zero-order chi connectivity index (χ0) is 15.4. The molecule has 0 amide bonds. The molecule has 0 spiro atoms. The van der Waals surface area contributed by atoms with E-state index in [0.717, 1.165) is 16.3 Å². The van der Waals surface area contributed by atoms with Gasteiger partial charge in [-0.25, -0.2) is 0 Å². The standard InChI is InChI=1S/C19H14O3/c20-12-19(21)18-11-16(10-15-8-4-5-9-17(15)18)22-13-14-6-2-1-3-7-14/h1-12H,13H2. The molecule has 3 rings (SSSR count). The Hall–Kier alpha value is -2.94. The van der Waals surface area contributed by atoms with Crippen LogP contribution in [0.15, 0.2) is 66.7 Å². The van der Waals surface area contributed by atoms with Crippen molar-refractivity contribution in [2.24, 2.45) is 0 Å². The minimum absolute atomic E-state index is 0.336. The summed E-state index contributed by atoms with van der Waals surface area (Å²) in [4.78, 5) is 22.7. The number of hydrogen-bond acceptors (Lipinski definition) is 3. The largest absolute Gasteiger partial charge is 0.489 e. The van der Waals surface area contributed by atoms with E-state index in [9.17, 15) is 9.59 Å². The van der Waals surface area contributed by atoms with Crippen LogP contribution in [0, 0.1) is 0 Å². The predicted molar refractivity (Wildman–Crippen MR) is 85.1 cm³/mol. The number of carbonyl (C=O) groups is 2. The number of carbonyl (C=O) groups excluding carboxylic acids is 2. The van der Waals surface area contributed by atoms with Crippen LogP contribution in [0.3, 0.4) is 0 Å². The molecule has 0 saturated carbocycles. The van der Waals surface area contributed by atoms with Crippen LogP contribution >= 0.6 is 0 Å². The van der Waals surface area contributed by atoms with E-state index in [2.05, 4.69) is 0 Å². The highest BCUT2D eigenvalue weighted by Crippen LogP contribution is 2.26. The first kappa shape index (κ1) is 14.0. The van der Waals surface area contributed by atoms with E-state index >= 15 is 0 Å². The highest BCUT2D eigenvalue weighted by atomic mass is 16.5. The highest BCUT2D eigenvalue weighted by molar-refractivity contribution is 6.36. The summed E-state index contributed by atoms with van der Waals surface area (Å²) < 4.78 is 5.77. The first-order valence-corrected chi connectivity index (χ1v) is 6.97. The van der Waals surface area contributed by atoms with Crippen molar-refractivity contribution in [2.75, 3.05) is 0 Å². The summed E-state index contributed by atoms with van der Waals surface area (Å²) in [5.74, 6) is 0.0362. The Labute approximate surface area is 128 Å². The topological polar surface area (TPSA) is 43.4 Å². The Bertz CT molecular complexity index is 822. The van der Waals surface area contributed by atoms with Crippen molar-refractivity contribution in [1.29, 1.82) is 0 Å². The third-order valence-electron chi connectivity index (χ3n) is 3.46. The van der Waals surface area contributed by atoms with Gasteiger partial charge >= 0.3 is 0 Å². The highest BCUT2D eigenvalue weighted by Gasteiger charge is 2.11. The van der Waals surface area contributed by atoms with Crippen molar-refractivity contribution in [3.63, 3.8) is 0 Å². The molecule has 0 aliphatic rings. The van der Waals surface area contributed by atoms with Gasteiger partial charge in [0, 0.05) is 5.56 Å². The zero-order valence-corrected chi connectivity index (χ0v) is 11.9. The van der Waals surface area contributed by atoms with Crippen LogP contribution in [-0.2, 0) is 11.4 Å². The Kier molecular flexibility index (Phi) is 3.97. The molecule has 0 fully saturated rings. The number of ketones is 1. The summed E-state index contributed by atoms with van der Waals surface area (Å²) in [5, 5.41) is 1.63. The molecule has 0 N–H and O–H groups in total. The quantitative estimate of drug-likeness (QED) is 0.408. The molecule has 3 nitrogen and oxygen atoms in total. The van der Waals surface area contributed by atoms with Gasteiger partial charge < -0.3 is 4.74 Å². The summed E-state index contributed by atoms with van der Waals surface area (Å²) in [6, 6.07) is 20.7. The zero-order valence-electron chi connectivity index (χ0n) is 11.9. The van der Waals surface area contributed by atoms with Gasteiger partial charge in [0.15, 0.2) is 6.29 Å². The first-order valence-electron chi connectivity index (χ1n) is 6.97. The molecule has 0 aliphatic heterocycles. The predicted octanol–water partition coefficient (Wildman–Crippen LogP) is 3.80. The maximum atomic E-state index is 11.8. The third kappa shape index (κ3) is 2.88. The molecule has 0 aromatic heterocycles. The summed E-state index contributed by atoms with van der Waals surface area (Å²) >= 11 is 0. The van der Waals surface area contributed by atoms with E-state index in [4.69, 9.17) is 4.74 Å². The summed E-state index contributed by atoms with van der Waals surface area (Å²) in [5.41, 5.74) is 1.41. The van der Waals surface area contributed by atoms with Crippen molar-refractivity contribution < 1.29 is 14.3 Å². The fraction of sp³-hybridized carbons (Fsp3) is 0.0526. The Balaban J connectivity index is 1.96. The fourth-order valence-corrected chi connectivity index (χ4v) is 2.37. The van der Waals surface area contributed by atoms with Gasteiger partial charge in [-0.1, -0.05) is 54.6 Å². The van der Waals surface area contributed by atoms with E-state index in [0.29, 0.717) is 24.2 Å². The molecule has 22 heavy (non-hydrogen) atoms. The summed E-state index contributed by atoms with van der Waals surface area (Å²) in [7, 11) is 0. The lowest BCUT2D eigenvalue weighted by atomic mass is 10.0. The molecule has 0 heterocycles. The minimum atomic E-state index is -0.540. The van der Waals surface area contributed by atoms with Crippen LogP contribution in [-0.4, -0.2) is 12.1 Å². The number of fused-ring (bicyclic) bond motifs is 1. The average Bonchev–Trinajstić information content (AvgIpc) is 2.59. The number of hydrogen-bond donors (Lipinski definition) is 0. The van der Waals surface area contributed by atoms with Gasteiger partial charge in [0.1, 0.15) is 12.4 Å². The summed E-state index contributed by atoms with van der Waals surface area (Å²) in [6.45, 7) is 0.411. The second-order valence-electron chi connectivity index (χ2n) is 4.95. The smallest absolute Gasteiger partial charge is 0.226 e. The molecule has 0 saturated heterocycles. The monoisotopic (exact) mass is 290 g/mol. The van der Waals surface area contributed by atoms with Crippen molar-refractivity contribution in [1.82, 2.24) is 0 Å². The van der Waals surface area contributed by atoms with Gasteiger partial charge in [-0.15, -0.1) is 0 Å². The fourth-order valence-electron chi connectivity index (χ4n) is 2.37. The molecule has 0 radical (unpaired) electrons. The van der Waals surface area contributed by atoms with Crippen LogP contribution in [0.1, 0.15) is 15.9 Å². The van der Waals surface area contributed by atoms with E-state index in [1.54, 1.807) is 6.07 Å². The van der Waals surface area contributed by atoms with Gasteiger partial charge in [-0.2, -0.15) is 0 Å². The SMILES string of the molecule is O=CC(=O)c1cc(OCc2ccccc2)cc2ccccc12. The van der Waals surface area contributed by atoms with Crippen molar-refractivity contribution >= 4 is 22.8 Å². The van der Waals surface area contributed by atoms with E-state index in [1.807, 2.05) is 60.7 Å². The molecule has 0 unspecified atom stereocenters. The maximum Gasteiger partial charge on any atom is 0.226 e. The van der Waals surface area contributed by atoms with Gasteiger partial charge in [-0.05, 0) is 28.5 Å². The van der Waals surface area contributed by atoms with E-state index < -0.39 is 5.78 Å². The number of aldehydes is 1. The summed E-state index contributed by atoms with van der Waals surface area (Å²) in [6.07, 6.45) is 0.336. The lowest BCUT2D eigenvalue weighted by molar-refractivity contribution is -0.104. The van der Waals surface area contributed by atoms with Crippen LogP contribution in [0.5, 0.6) is 5.75 Å². The normalized spacial score (nSPS) is 10.4. The molecule has 0 atom stereocenters. The third-order valence-corrected chi connectivity index (χ3v) is 3.46. The first-order chi connectivity index (χ1) is 10.8. The van der Waals surface area contributed by atoms with Gasteiger partial charge in [0.25, 0.3) is 0 Å². The maximum absolute atomic E-state index is 11.8. The molecule has 3 aromatic carbocycles. The Morgan fingerprint density at radius 2 is 1.68 bits per heavy atom. The number of benzene rings is 3. The number of Topliss-reactive ketones (excluding diaryl/α,β-unsaturated/α-hetero) is 1. The van der Waals surface area contributed by atoms with Crippen LogP contribution in [0.4, 0.5) is 0 Å². The van der Waals surface area contributed by atoms with Crippen LogP contribution < -0.4 is 4.74 Å². The Morgan fingerprint density at radius 3 is 2.45 bits per heavy atom. The molecular weight excluding hydrogens is 276 g/mol. The van der Waals surface area contributed by atoms with Gasteiger partial charge in [0.05, 0.1) is 0 Å². The van der Waals surface area contributed by atoms with E-state index in [1.165, 1.54) is 0 Å². The molecule has 108 valence electrons. The van der Waals surface area contributed by atoms with Crippen molar-refractivity contribution in [3.05, 3.63) is 77.9 Å². The van der Waals surface area contributed by atoms with Crippen LogP contribution in [0.2, 0.25) is 0 Å². The second kappa shape index (κ2) is 6.22. The van der Waals surface area contributed by atoms with Crippen LogP contribution in [0.25, 0.3) is 10.8 Å². The Morgan fingerprint density at radius 1 is 0.955 bits per heavy atom. The van der Waals surface area contributed by atoms with E-state index in [-0.39, 0.29) is 0 Å². The lowest BCUT2D eigenvalue weighted by Gasteiger charge is -2.10. The minimum Gasteiger partial charge on any atom is -0.489 e. The molecule has 0 aliphatic carbocycles. The molecule has 3 heteroatoms. The molecule has 0 bridgehead atoms. The van der Waals surface area contributed by atoms with Crippen molar-refractivity contribution in [2.45, 2.75) is 6.61 Å². The van der Waals surface area contributed by atoms with Gasteiger partial charge in [0.2, 0.25) is 5.78 Å². The van der Waals surface area contributed by atoms with Gasteiger partial charge in [-0.3, -0.25) is 9.59 Å². The second-order valence-corrected chi connectivity index (χ2v) is 4.95. The average molecular weight is 290 g/mol. The molecular formula is C19H14O3. The molecule has 3 aromatic rings. The number of rotatable bonds is 5. The lowest BCUT2D eigenvalue weighted by Crippen LogP contribution is -2.03. The van der Waals surface area contributed by atoms with Crippen molar-refractivity contribution in [3.8, 4) is 5.75 Å². The number of ether oxygens (including phenoxy) is 1.